The van der Waals surface area contributed by atoms with E-state index < -0.39 is 22.7 Å². The molecular formula is C30H45NO6. The second kappa shape index (κ2) is 8.61. The standard InChI is InChI=1S/C30H45NO6/c1-26(2)15-20(8-13-37-26)31-18-28-10-4-21(32)16-29(28,34)11-6-24-23(28)5-9-27(3)22(7-12-30(24,27)35)19-14-25(33)36-17-19/h14,18,20-24,32,34-35H,4-13,15-17H2,1-3H3/t20-,21+,22-,23+,24-,27-,28+,29+,30+/m1/s1. The fourth-order valence-electron chi connectivity index (χ4n) is 9.93. The number of cyclic esters (lactones) is 1. The largest absolute Gasteiger partial charge is 0.458 e. The third kappa shape index (κ3) is 3.81. The van der Waals surface area contributed by atoms with E-state index in [0.717, 1.165) is 44.1 Å². The number of aliphatic hydroxyl groups excluding tert-OH is 1. The molecule has 4 aliphatic carbocycles. The highest BCUT2D eigenvalue weighted by atomic mass is 16.5. The van der Waals surface area contributed by atoms with Crippen LogP contribution >= 0.6 is 0 Å². The molecule has 0 bridgehead atoms. The first-order valence-electron chi connectivity index (χ1n) is 14.6. The Labute approximate surface area is 220 Å². The maximum absolute atomic E-state index is 12.5. The number of ether oxygens (including phenoxy) is 2. The molecule has 0 aromatic heterocycles. The quantitative estimate of drug-likeness (QED) is 0.390. The van der Waals surface area contributed by atoms with Gasteiger partial charge in [0.25, 0.3) is 0 Å². The average Bonchev–Trinajstić information content (AvgIpc) is 3.37. The van der Waals surface area contributed by atoms with Crippen LogP contribution in [0.3, 0.4) is 0 Å². The summed E-state index contributed by atoms with van der Waals surface area (Å²) in [5, 5.41) is 35.4. The Bertz CT molecular complexity index is 1010. The zero-order chi connectivity index (χ0) is 26.3. The van der Waals surface area contributed by atoms with Gasteiger partial charge in [-0.1, -0.05) is 6.92 Å². The number of carbonyl (C=O) groups is 1. The van der Waals surface area contributed by atoms with Gasteiger partial charge in [0.05, 0.1) is 28.9 Å². The summed E-state index contributed by atoms with van der Waals surface area (Å²) in [5.74, 6) is 0.0521. The number of hydrogen-bond acceptors (Lipinski definition) is 7. The van der Waals surface area contributed by atoms with Crippen molar-refractivity contribution in [3.8, 4) is 0 Å². The summed E-state index contributed by atoms with van der Waals surface area (Å²) in [5.41, 5.74) is -1.89. The number of fused-ring (bicyclic) bond motifs is 5. The summed E-state index contributed by atoms with van der Waals surface area (Å²) in [6.07, 6.45) is 11.4. The number of aliphatic hydroxyl groups is 3. The van der Waals surface area contributed by atoms with E-state index in [0.29, 0.717) is 45.3 Å². The van der Waals surface area contributed by atoms with E-state index in [2.05, 4.69) is 27.0 Å². The summed E-state index contributed by atoms with van der Waals surface area (Å²) in [7, 11) is 0. The summed E-state index contributed by atoms with van der Waals surface area (Å²) >= 11 is 0. The van der Waals surface area contributed by atoms with E-state index in [4.69, 9.17) is 14.5 Å². The second-order valence-corrected chi connectivity index (χ2v) is 14.1. The minimum absolute atomic E-state index is 0.0583. The number of carbonyl (C=O) groups excluding carboxylic acids is 1. The van der Waals surface area contributed by atoms with Crippen LogP contribution in [0.4, 0.5) is 0 Å². The summed E-state index contributed by atoms with van der Waals surface area (Å²) in [6.45, 7) is 7.49. The smallest absolute Gasteiger partial charge is 0.331 e. The lowest BCUT2D eigenvalue weighted by Gasteiger charge is -2.65. The topological polar surface area (TPSA) is 109 Å². The molecule has 6 aliphatic rings. The molecule has 0 unspecified atom stereocenters. The molecule has 37 heavy (non-hydrogen) atoms. The highest BCUT2D eigenvalue weighted by Gasteiger charge is 2.71. The van der Waals surface area contributed by atoms with Crippen molar-refractivity contribution in [2.24, 2.45) is 33.6 Å². The Morgan fingerprint density at radius 3 is 2.49 bits per heavy atom. The van der Waals surface area contributed by atoms with Crippen molar-refractivity contribution in [2.45, 2.75) is 120 Å². The predicted octanol–water partition coefficient (Wildman–Crippen LogP) is 3.73. The van der Waals surface area contributed by atoms with Gasteiger partial charge in [-0.2, -0.15) is 0 Å². The van der Waals surface area contributed by atoms with E-state index in [1.165, 1.54) is 0 Å². The van der Waals surface area contributed by atoms with E-state index in [9.17, 15) is 20.1 Å². The molecule has 2 aliphatic heterocycles. The lowest BCUT2D eigenvalue weighted by molar-refractivity contribution is -0.237. The number of aliphatic imine (C=N–C) groups is 1. The summed E-state index contributed by atoms with van der Waals surface area (Å²) < 4.78 is 11.2. The molecule has 3 N–H and O–H groups in total. The Balaban J connectivity index is 1.35. The van der Waals surface area contributed by atoms with Gasteiger partial charge < -0.3 is 24.8 Å². The van der Waals surface area contributed by atoms with Crippen LogP contribution < -0.4 is 0 Å². The third-order valence-corrected chi connectivity index (χ3v) is 11.8. The van der Waals surface area contributed by atoms with Gasteiger partial charge >= 0.3 is 5.97 Å². The third-order valence-electron chi connectivity index (χ3n) is 11.8. The van der Waals surface area contributed by atoms with E-state index in [1.807, 2.05) is 0 Å². The van der Waals surface area contributed by atoms with Crippen molar-refractivity contribution < 1.29 is 29.6 Å². The molecule has 2 heterocycles. The molecule has 9 atom stereocenters. The molecule has 7 nitrogen and oxygen atoms in total. The summed E-state index contributed by atoms with van der Waals surface area (Å²) in [4.78, 5) is 17.0. The molecule has 0 radical (unpaired) electrons. The Hall–Kier alpha value is -1.28. The molecule has 6 rings (SSSR count). The second-order valence-electron chi connectivity index (χ2n) is 14.1. The van der Waals surface area contributed by atoms with Crippen molar-refractivity contribution in [2.75, 3.05) is 13.2 Å². The number of nitrogens with zero attached hydrogens (tertiary/aromatic N) is 1. The van der Waals surface area contributed by atoms with E-state index >= 15 is 0 Å². The van der Waals surface area contributed by atoms with E-state index in [-0.39, 0.29) is 40.8 Å². The molecule has 4 saturated carbocycles. The Kier molecular flexibility index (Phi) is 6.04. The van der Waals surface area contributed by atoms with Crippen LogP contribution in [0.5, 0.6) is 0 Å². The zero-order valence-electron chi connectivity index (χ0n) is 22.7. The first-order chi connectivity index (χ1) is 17.4. The molecule has 1 saturated heterocycles. The van der Waals surface area contributed by atoms with Gasteiger partial charge in [-0.05, 0) is 101 Å². The van der Waals surface area contributed by atoms with Crippen LogP contribution in [0.2, 0.25) is 0 Å². The molecule has 7 heteroatoms. The molecule has 0 spiro atoms. The van der Waals surface area contributed by atoms with Gasteiger partial charge in [-0.25, -0.2) is 4.79 Å². The lowest BCUT2D eigenvalue weighted by atomic mass is 9.41. The minimum atomic E-state index is -1.01. The first kappa shape index (κ1) is 26.0. The van der Waals surface area contributed by atoms with Crippen LogP contribution in [0.15, 0.2) is 16.6 Å². The van der Waals surface area contributed by atoms with Gasteiger partial charge in [0.15, 0.2) is 0 Å². The molecule has 5 fully saturated rings. The SMILES string of the molecule is CC1(C)C[C@H](N=C[C@]23CC[C@H](O)C[C@@]2(O)CC[C@@H]2[C@@H]3CC[C@]3(C)[C@@H](C4=CC(=O)OC4)CC[C@]23O)CCO1. The maximum Gasteiger partial charge on any atom is 0.331 e. The van der Waals surface area contributed by atoms with Crippen LogP contribution in [0.1, 0.15) is 91.4 Å². The predicted molar refractivity (Wildman–Crippen MR) is 139 cm³/mol. The van der Waals surface area contributed by atoms with Gasteiger partial charge in [-0.3, -0.25) is 4.99 Å². The van der Waals surface area contributed by atoms with Gasteiger partial charge in [0.2, 0.25) is 0 Å². The van der Waals surface area contributed by atoms with E-state index in [1.54, 1.807) is 6.08 Å². The number of rotatable bonds is 3. The number of esters is 1. The Morgan fingerprint density at radius 2 is 1.76 bits per heavy atom. The maximum atomic E-state index is 12.5. The van der Waals surface area contributed by atoms with Crippen LogP contribution in [0.25, 0.3) is 0 Å². The summed E-state index contributed by atoms with van der Waals surface area (Å²) in [6, 6.07) is 0.161. The van der Waals surface area contributed by atoms with Crippen molar-refractivity contribution in [3.63, 3.8) is 0 Å². The number of hydrogen-bond donors (Lipinski definition) is 3. The van der Waals surface area contributed by atoms with Crippen LogP contribution in [0, 0.1) is 28.6 Å². The molecular weight excluding hydrogens is 470 g/mol. The molecule has 0 aromatic rings. The molecule has 206 valence electrons. The fourth-order valence-corrected chi connectivity index (χ4v) is 9.93. The van der Waals surface area contributed by atoms with Crippen LogP contribution in [-0.2, 0) is 14.3 Å². The van der Waals surface area contributed by atoms with Crippen molar-refractivity contribution in [1.82, 2.24) is 0 Å². The lowest BCUT2D eigenvalue weighted by Crippen LogP contribution is -2.68. The highest BCUT2D eigenvalue weighted by Crippen LogP contribution is 2.70. The first-order valence-corrected chi connectivity index (χ1v) is 14.6. The average molecular weight is 516 g/mol. The van der Waals surface area contributed by atoms with Crippen LogP contribution in [-0.4, -0.2) is 69.7 Å². The minimum Gasteiger partial charge on any atom is -0.458 e. The van der Waals surface area contributed by atoms with Gasteiger partial charge in [-0.15, -0.1) is 0 Å². The van der Waals surface area contributed by atoms with Crippen molar-refractivity contribution in [3.05, 3.63) is 11.6 Å². The van der Waals surface area contributed by atoms with Crippen molar-refractivity contribution in [1.29, 1.82) is 0 Å². The molecule has 0 amide bonds. The zero-order valence-corrected chi connectivity index (χ0v) is 22.7. The van der Waals surface area contributed by atoms with Gasteiger partial charge in [0, 0.05) is 36.1 Å². The van der Waals surface area contributed by atoms with Crippen molar-refractivity contribution >= 4 is 12.2 Å². The Morgan fingerprint density at radius 1 is 0.973 bits per heavy atom. The monoisotopic (exact) mass is 515 g/mol. The van der Waals surface area contributed by atoms with Gasteiger partial charge in [0.1, 0.15) is 6.61 Å². The highest BCUT2D eigenvalue weighted by molar-refractivity contribution is 5.85. The normalized spacial score (nSPS) is 51.2. The fraction of sp³-hybridized carbons (Fsp3) is 0.867. The molecule has 0 aromatic carbocycles.